The van der Waals surface area contributed by atoms with Crippen LogP contribution in [0.15, 0.2) is 0 Å². The van der Waals surface area contributed by atoms with Gasteiger partial charge in [-0.15, -0.1) is 11.8 Å². The summed E-state index contributed by atoms with van der Waals surface area (Å²) in [6, 6.07) is 0.736. The molecule has 1 rings (SSSR count). The lowest BCUT2D eigenvalue weighted by molar-refractivity contribution is 0.280. The molecular formula is C8H18N2S. The number of nitrogens with zero attached hydrogens (tertiary/aromatic N) is 1. The monoisotopic (exact) mass is 174 g/mol. The Bertz CT molecular complexity index is 98.3. The molecule has 1 unspecified atom stereocenters. The zero-order valence-electron chi connectivity index (χ0n) is 7.47. The quantitative estimate of drug-likeness (QED) is 0.684. The SMILES string of the molecule is CCN(CC)CC1CSCN1. The maximum atomic E-state index is 3.48. The first-order chi connectivity index (χ1) is 5.36. The first-order valence-electron chi connectivity index (χ1n) is 4.40. The predicted molar refractivity (Wildman–Crippen MR) is 52.0 cm³/mol. The normalized spacial score (nSPS) is 24.8. The van der Waals surface area contributed by atoms with E-state index in [4.69, 9.17) is 0 Å². The van der Waals surface area contributed by atoms with Gasteiger partial charge in [-0.25, -0.2) is 0 Å². The number of nitrogens with one attached hydrogen (secondary N) is 1. The molecule has 0 spiro atoms. The predicted octanol–water partition coefficient (Wildman–Crippen LogP) is 0.991. The molecule has 0 aromatic heterocycles. The summed E-state index contributed by atoms with van der Waals surface area (Å²) in [5.74, 6) is 2.43. The Balaban J connectivity index is 2.16. The summed E-state index contributed by atoms with van der Waals surface area (Å²) in [7, 11) is 0. The highest BCUT2D eigenvalue weighted by molar-refractivity contribution is 7.99. The van der Waals surface area contributed by atoms with Crippen molar-refractivity contribution >= 4 is 11.8 Å². The van der Waals surface area contributed by atoms with Gasteiger partial charge in [-0.3, -0.25) is 0 Å². The van der Waals surface area contributed by atoms with E-state index in [2.05, 4.69) is 24.1 Å². The third kappa shape index (κ3) is 3.01. The van der Waals surface area contributed by atoms with Gasteiger partial charge in [0.05, 0.1) is 0 Å². The van der Waals surface area contributed by atoms with Gasteiger partial charge < -0.3 is 10.2 Å². The van der Waals surface area contributed by atoms with Crippen molar-refractivity contribution in [1.82, 2.24) is 10.2 Å². The highest BCUT2D eigenvalue weighted by Crippen LogP contribution is 2.10. The molecule has 1 atom stereocenters. The van der Waals surface area contributed by atoms with Crippen molar-refractivity contribution in [3.8, 4) is 0 Å². The van der Waals surface area contributed by atoms with Gasteiger partial charge in [-0.05, 0) is 13.1 Å². The number of thioether (sulfide) groups is 1. The minimum Gasteiger partial charge on any atom is -0.303 e. The summed E-state index contributed by atoms with van der Waals surface area (Å²) in [6.07, 6.45) is 0. The molecule has 0 aromatic carbocycles. The number of hydrogen-bond donors (Lipinski definition) is 1. The molecule has 0 aromatic rings. The second kappa shape index (κ2) is 5.01. The fraction of sp³-hybridized carbons (Fsp3) is 1.00. The minimum atomic E-state index is 0.736. The zero-order valence-corrected chi connectivity index (χ0v) is 8.28. The molecule has 3 heteroatoms. The molecule has 0 radical (unpaired) electrons. The van der Waals surface area contributed by atoms with Gasteiger partial charge in [0.15, 0.2) is 0 Å². The molecule has 1 aliphatic heterocycles. The van der Waals surface area contributed by atoms with Gasteiger partial charge in [-0.2, -0.15) is 0 Å². The van der Waals surface area contributed by atoms with Crippen LogP contribution in [0.1, 0.15) is 13.8 Å². The third-order valence-corrected chi connectivity index (χ3v) is 3.17. The topological polar surface area (TPSA) is 15.3 Å². The summed E-state index contributed by atoms with van der Waals surface area (Å²) in [5.41, 5.74) is 0. The zero-order chi connectivity index (χ0) is 8.10. The van der Waals surface area contributed by atoms with Crippen LogP contribution in [0.4, 0.5) is 0 Å². The maximum Gasteiger partial charge on any atom is 0.0421 e. The molecule has 11 heavy (non-hydrogen) atoms. The standard InChI is InChI=1S/C8H18N2S/c1-3-10(4-2)5-8-6-11-7-9-8/h8-9H,3-7H2,1-2H3. The Kier molecular flexibility index (Phi) is 4.26. The second-order valence-electron chi connectivity index (χ2n) is 2.90. The van der Waals surface area contributed by atoms with Gasteiger partial charge in [0.25, 0.3) is 0 Å². The van der Waals surface area contributed by atoms with Crippen molar-refractivity contribution in [1.29, 1.82) is 0 Å². The lowest BCUT2D eigenvalue weighted by Crippen LogP contribution is -2.38. The Labute approximate surface area is 73.7 Å². The van der Waals surface area contributed by atoms with Crippen LogP contribution in [-0.2, 0) is 0 Å². The van der Waals surface area contributed by atoms with Crippen LogP contribution >= 0.6 is 11.8 Å². The van der Waals surface area contributed by atoms with E-state index >= 15 is 0 Å². The molecular weight excluding hydrogens is 156 g/mol. The van der Waals surface area contributed by atoms with E-state index in [1.54, 1.807) is 0 Å². The van der Waals surface area contributed by atoms with Crippen LogP contribution in [0.25, 0.3) is 0 Å². The summed E-state index contributed by atoms with van der Waals surface area (Å²) in [6.45, 7) is 8.04. The Morgan fingerprint density at radius 2 is 2.18 bits per heavy atom. The highest BCUT2D eigenvalue weighted by Gasteiger charge is 2.15. The van der Waals surface area contributed by atoms with E-state index in [1.165, 1.54) is 25.4 Å². The third-order valence-electron chi connectivity index (χ3n) is 2.17. The molecule has 0 saturated carbocycles. The van der Waals surface area contributed by atoms with Crippen molar-refractivity contribution in [2.24, 2.45) is 0 Å². The first-order valence-corrected chi connectivity index (χ1v) is 5.55. The molecule has 2 nitrogen and oxygen atoms in total. The summed E-state index contributed by atoms with van der Waals surface area (Å²) < 4.78 is 0. The molecule has 66 valence electrons. The van der Waals surface area contributed by atoms with Gasteiger partial charge in [-0.1, -0.05) is 13.8 Å². The highest BCUT2D eigenvalue weighted by atomic mass is 32.2. The molecule has 1 heterocycles. The molecule has 0 bridgehead atoms. The summed E-state index contributed by atoms with van der Waals surface area (Å²) >= 11 is 2.01. The van der Waals surface area contributed by atoms with Crippen molar-refractivity contribution in [3.05, 3.63) is 0 Å². The molecule has 1 fully saturated rings. The van der Waals surface area contributed by atoms with Crippen LogP contribution in [0.2, 0.25) is 0 Å². The van der Waals surface area contributed by atoms with Crippen molar-refractivity contribution in [2.75, 3.05) is 31.3 Å². The lowest BCUT2D eigenvalue weighted by Gasteiger charge is -2.21. The van der Waals surface area contributed by atoms with E-state index in [-0.39, 0.29) is 0 Å². The number of rotatable bonds is 4. The van der Waals surface area contributed by atoms with E-state index in [0.717, 1.165) is 11.9 Å². The average Bonchev–Trinajstić information content (AvgIpc) is 2.52. The number of hydrogen-bond acceptors (Lipinski definition) is 3. The van der Waals surface area contributed by atoms with Crippen molar-refractivity contribution in [3.63, 3.8) is 0 Å². The Morgan fingerprint density at radius 3 is 2.64 bits per heavy atom. The molecule has 1 saturated heterocycles. The van der Waals surface area contributed by atoms with E-state index in [1.807, 2.05) is 11.8 Å². The van der Waals surface area contributed by atoms with Crippen molar-refractivity contribution < 1.29 is 0 Å². The van der Waals surface area contributed by atoms with E-state index in [0.29, 0.717) is 0 Å². The van der Waals surface area contributed by atoms with Crippen LogP contribution in [0.5, 0.6) is 0 Å². The molecule has 0 aliphatic carbocycles. The summed E-state index contributed by atoms with van der Waals surface area (Å²) in [5, 5.41) is 3.48. The van der Waals surface area contributed by atoms with Gasteiger partial charge >= 0.3 is 0 Å². The smallest absolute Gasteiger partial charge is 0.0421 e. The molecule has 0 amide bonds. The second-order valence-corrected chi connectivity index (χ2v) is 3.93. The fourth-order valence-electron chi connectivity index (χ4n) is 1.35. The van der Waals surface area contributed by atoms with E-state index in [9.17, 15) is 0 Å². The molecule has 1 aliphatic rings. The van der Waals surface area contributed by atoms with Gasteiger partial charge in [0.1, 0.15) is 0 Å². The molecule has 1 N–H and O–H groups in total. The van der Waals surface area contributed by atoms with Crippen LogP contribution in [0, 0.1) is 0 Å². The fourth-order valence-corrected chi connectivity index (χ4v) is 2.33. The average molecular weight is 174 g/mol. The van der Waals surface area contributed by atoms with Gasteiger partial charge in [0, 0.05) is 24.2 Å². The minimum absolute atomic E-state index is 0.736. The van der Waals surface area contributed by atoms with Crippen molar-refractivity contribution in [2.45, 2.75) is 19.9 Å². The Hall–Kier alpha value is 0.270. The lowest BCUT2D eigenvalue weighted by atomic mass is 10.3. The number of likely N-dealkylation sites (N-methyl/N-ethyl adjacent to an activating group) is 1. The van der Waals surface area contributed by atoms with Gasteiger partial charge in [0.2, 0.25) is 0 Å². The summed E-state index contributed by atoms with van der Waals surface area (Å²) in [4.78, 5) is 2.48. The van der Waals surface area contributed by atoms with Crippen LogP contribution in [0.3, 0.4) is 0 Å². The van der Waals surface area contributed by atoms with Crippen LogP contribution < -0.4 is 5.32 Å². The Morgan fingerprint density at radius 1 is 1.45 bits per heavy atom. The van der Waals surface area contributed by atoms with Crippen LogP contribution in [-0.4, -0.2) is 42.2 Å². The maximum absolute atomic E-state index is 3.48. The van der Waals surface area contributed by atoms with E-state index < -0.39 is 0 Å². The largest absolute Gasteiger partial charge is 0.303 e. The first kappa shape index (κ1) is 9.36.